The number of pyridine rings is 1. The van der Waals surface area contributed by atoms with Gasteiger partial charge in [-0.3, -0.25) is 0 Å². The third-order valence-corrected chi connectivity index (χ3v) is 3.46. The third-order valence-electron chi connectivity index (χ3n) is 3.46. The van der Waals surface area contributed by atoms with Crippen molar-refractivity contribution >= 4 is 11.7 Å². The van der Waals surface area contributed by atoms with Crippen LogP contribution >= 0.6 is 0 Å². The number of piperidine rings is 1. The predicted molar refractivity (Wildman–Crippen MR) is 70.1 cm³/mol. The molecule has 5 nitrogen and oxygen atoms in total. The lowest BCUT2D eigenvalue weighted by atomic mass is 10.0. The quantitative estimate of drug-likeness (QED) is 0.875. The van der Waals surface area contributed by atoms with Crippen LogP contribution in [0.5, 0.6) is 0 Å². The number of carbonyl (C=O) groups is 1. The molecule has 0 aliphatic carbocycles. The van der Waals surface area contributed by atoms with Gasteiger partial charge in [-0.25, -0.2) is 9.78 Å². The van der Waals surface area contributed by atoms with Gasteiger partial charge < -0.3 is 14.9 Å². The van der Waals surface area contributed by atoms with E-state index in [0.29, 0.717) is 6.04 Å². The molecule has 1 aliphatic rings. The molecule has 1 aromatic rings. The molecule has 1 unspecified atom stereocenters. The molecular weight excluding hydrogens is 230 g/mol. The van der Waals surface area contributed by atoms with Gasteiger partial charge in [-0.2, -0.15) is 0 Å². The minimum atomic E-state index is -0.961. The van der Waals surface area contributed by atoms with E-state index in [1.807, 2.05) is 6.07 Å². The van der Waals surface area contributed by atoms with Gasteiger partial charge in [0.15, 0.2) is 5.69 Å². The maximum atomic E-state index is 11.2. The molecular formula is C13H19N3O2. The van der Waals surface area contributed by atoms with Crippen molar-refractivity contribution in [1.82, 2.24) is 9.88 Å². The van der Waals surface area contributed by atoms with Crippen LogP contribution in [0.3, 0.4) is 0 Å². The molecule has 0 radical (unpaired) electrons. The van der Waals surface area contributed by atoms with Crippen LogP contribution in [0.2, 0.25) is 0 Å². The van der Waals surface area contributed by atoms with Crippen LogP contribution in [-0.2, 0) is 0 Å². The molecule has 0 bridgehead atoms. The number of aromatic carboxylic acids is 1. The van der Waals surface area contributed by atoms with Crippen molar-refractivity contribution < 1.29 is 9.90 Å². The Morgan fingerprint density at radius 1 is 1.56 bits per heavy atom. The van der Waals surface area contributed by atoms with Crippen molar-refractivity contribution in [3.05, 3.63) is 24.0 Å². The maximum absolute atomic E-state index is 11.2. The minimum absolute atomic E-state index is 0.150. The maximum Gasteiger partial charge on any atom is 0.356 e. The van der Waals surface area contributed by atoms with Crippen LogP contribution in [0, 0.1) is 0 Å². The number of aromatic nitrogens is 1. The molecule has 5 heteroatoms. The Bertz CT molecular complexity index is 434. The van der Waals surface area contributed by atoms with Crippen LogP contribution in [0.1, 0.15) is 23.3 Å². The van der Waals surface area contributed by atoms with Gasteiger partial charge in [-0.05, 0) is 39.1 Å². The predicted octanol–water partition coefficient (Wildman–Crippen LogP) is 1.31. The smallest absolute Gasteiger partial charge is 0.356 e. The molecule has 98 valence electrons. The van der Waals surface area contributed by atoms with E-state index < -0.39 is 5.97 Å². The van der Waals surface area contributed by atoms with Gasteiger partial charge in [0.25, 0.3) is 0 Å². The molecule has 0 spiro atoms. The zero-order chi connectivity index (χ0) is 13.1. The number of nitrogens with zero attached hydrogens (tertiary/aromatic N) is 3. The number of hydrogen-bond donors (Lipinski definition) is 1. The van der Waals surface area contributed by atoms with E-state index in [4.69, 9.17) is 0 Å². The van der Waals surface area contributed by atoms with Gasteiger partial charge in [0.05, 0.1) is 5.69 Å². The summed E-state index contributed by atoms with van der Waals surface area (Å²) in [6.07, 6.45) is 3.77. The molecule has 0 saturated carbocycles. The van der Waals surface area contributed by atoms with E-state index in [-0.39, 0.29) is 5.69 Å². The molecule has 2 rings (SSSR count). The van der Waals surface area contributed by atoms with Gasteiger partial charge in [0.1, 0.15) is 0 Å². The summed E-state index contributed by atoms with van der Waals surface area (Å²) in [7, 11) is 4.13. The fraction of sp³-hybridized carbons (Fsp3) is 0.538. The second-order valence-corrected chi connectivity index (χ2v) is 4.88. The lowest BCUT2D eigenvalue weighted by Gasteiger charge is -2.37. The van der Waals surface area contributed by atoms with Crippen molar-refractivity contribution in [1.29, 1.82) is 0 Å². The summed E-state index contributed by atoms with van der Waals surface area (Å²) in [6.45, 7) is 1.76. The first-order chi connectivity index (χ1) is 8.59. The number of carboxylic acids is 1. The van der Waals surface area contributed by atoms with Gasteiger partial charge >= 0.3 is 5.97 Å². The van der Waals surface area contributed by atoms with Crippen molar-refractivity contribution in [2.45, 2.75) is 18.9 Å². The lowest BCUT2D eigenvalue weighted by molar-refractivity contribution is 0.0691. The van der Waals surface area contributed by atoms with Crippen molar-refractivity contribution in [2.75, 3.05) is 32.1 Å². The first-order valence-electron chi connectivity index (χ1n) is 6.19. The average molecular weight is 249 g/mol. The van der Waals surface area contributed by atoms with E-state index >= 15 is 0 Å². The number of likely N-dealkylation sites (N-methyl/N-ethyl adjacent to an activating group) is 1. The average Bonchev–Trinajstić information content (AvgIpc) is 2.39. The highest BCUT2D eigenvalue weighted by molar-refractivity contribution is 5.92. The van der Waals surface area contributed by atoms with E-state index in [9.17, 15) is 9.90 Å². The van der Waals surface area contributed by atoms with Crippen molar-refractivity contribution in [3.8, 4) is 0 Å². The largest absolute Gasteiger partial charge is 0.476 e. The Morgan fingerprint density at radius 3 is 3.00 bits per heavy atom. The monoisotopic (exact) mass is 249 g/mol. The highest BCUT2D eigenvalue weighted by atomic mass is 16.4. The molecule has 18 heavy (non-hydrogen) atoms. The molecule has 0 amide bonds. The highest BCUT2D eigenvalue weighted by Crippen LogP contribution is 2.24. The van der Waals surface area contributed by atoms with Crippen LogP contribution in [0.25, 0.3) is 0 Å². The van der Waals surface area contributed by atoms with Crippen molar-refractivity contribution in [2.24, 2.45) is 0 Å². The Labute approximate surface area is 107 Å². The van der Waals surface area contributed by atoms with Crippen molar-refractivity contribution in [3.63, 3.8) is 0 Å². The normalized spacial score (nSPS) is 20.2. The van der Waals surface area contributed by atoms with Gasteiger partial charge in [0.2, 0.25) is 0 Å². The topological polar surface area (TPSA) is 56.7 Å². The summed E-state index contributed by atoms with van der Waals surface area (Å²) in [5.74, 6) is -0.961. The van der Waals surface area contributed by atoms with Crippen LogP contribution in [0.4, 0.5) is 5.69 Å². The minimum Gasteiger partial charge on any atom is -0.476 e. The molecule has 0 aromatic carbocycles. The first kappa shape index (κ1) is 12.8. The van der Waals surface area contributed by atoms with Crippen LogP contribution in [0.15, 0.2) is 18.3 Å². The molecule has 1 N–H and O–H groups in total. The number of anilines is 1. The summed E-state index contributed by atoms with van der Waals surface area (Å²) >= 11 is 0. The number of carboxylic acid groups (broad SMARTS) is 1. The summed E-state index contributed by atoms with van der Waals surface area (Å²) in [4.78, 5) is 19.5. The number of hydrogen-bond acceptors (Lipinski definition) is 4. The zero-order valence-electron chi connectivity index (χ0n) is 10.8. The molecule has 1 atom stereocenters. The zero-order valence-corrected chi connectivity index (χ0v) is 10.8. The number of rotatable bonds is 3. The summed E-state index contributed by atoms with van der Waals surface area (Å²) in [5.41, 5.74) is 0.883. The Balaban J connectivity index is 2.23. The standard InChI is InChI=1S/C13H19N3O2/c1-15(2)10-5-4-8-16(9-10)11-6-3-7-14-12(11)13(17)18/h3,6-7,10H,4-5,8-9H2,1-2H3,(H,17,18). The summed E-state index contributed by atoms with van der Waals surface area (Å²) in [6, 6.07) is 4.11. The second kappa shape index (κ2) is 5.35. The first-order valence-corrected chi connectivity index (χ1v) is 6.19. The fourth-order valence-electron chi connectivity index (χ4n) is 2.41. The molecule has 2 heterocycles. The fourth-order valence-corrected chi connectivity index (χ4v) is 2.41. The molecule has 1 fully saturated rings. The van der Waals surface area contributed by atoms with E-state index in [2.05, 4.69) is 28.9 Å². The molecule has 1 aromatic heterocycles. The third kappa shape index (κ3) is 2.61. The Morgan fingerprint density at radius 2 is 2.33 bits per heavy atom. The summed E-state index contributed by atoms with van der Waals surface area (Å²) < 4.78 is 0. The van der Waals surface area contributed by atoms with Gasteiger partial charge in [-0.15, -0.1) is 0 Å². The Hall–Kier alpha value is -1.62. The SMILES string of the molecule is CN(C)C1CCCN(c2cccnc2C(=O)O)C1. The van der Waals surface area contributed by atoms with Gasteiger partial charge in [0, 0.05) is 25.3 Å². The van der Waals surface area contributed by atoms with Gasteiger partial charge in [-0.1, -0.05) is 0 Å². The second-order valence-electron chi connectivity index (χ2n) is 4.88. The highest BCUT2D eigenvalue weighted by Gasteiger charge is 2.24. The van der Waals surface area contributed by atoms with E-state index in [1.165, 1.54) is 6.20 Å². The molecule has 1 aliphatic heterocycles. The lowest BCUT2D eigenvalue weighted by Crippen LogP contribution is -2.45. The Kier molecular flexibility index (Phi) is 3.81. The van der Waals surface area contributed by atoms with Crippen LogP contribution in [-0.4, -0.2) is 54.2 Å². The molecule has 1 saturated heterocycles. The van der Waals surface area contributed by atoms with Crippen LogP contribution < -0.4 is 4.90 Å². The van der Waals surface area contributed by atoms with E-state index in [1.54, 1.807) is 6.07 Å². The van der Waals surface area contributed by atoms with E-state index in [0.717, 1.165) is 31.6 Å². The summed E-state index contributed by atoms with van der Waals surface area (Å²) in [5, 5.41) is 9.17.